The summed E-state index contributed by atoms with van der Waals surface area (Å²) in [7, 11) is 1.02. The van der Waals surface area contributed by atoms with Crippen LogP contribution >= 0.6 is 0 Å². The minimum absolute atomic E-state index is 0.105. The van der Waals surface area contributed by atoms with Crippen LogP contribution in [0.15, 0.2) is 30.3 Å². The molecule has 1 aromatic rings. The molecule has 1 aliphatic rings. The molecule has 0 saturated carbocycles. The number of hydrogen-bond donors (Lipinski definition) is 1. The molecule has 23 heavy (non-hydrogen) atoms. The lowest BCUT2D eigenvalue weighted by Crippen LogP contribution is -2.45. The van der Waals surface area contributed by atoms with Crippen LogP contribution in [0.3, 0.4) is 0 Å². The van der Waals surface area contributed by atoms with Crippen molar-refractivity contribution in [1.29, 1.82) is 0 Å². The molecular formula is C17H29N3O2S. The van der Waals surface area contributed by atoms with Crippen LogP contribution in [-0.4, -0.2) is 63.7 Å². The topological polar surface area (TPSA) is 52.7 Å². The SMILES string of the molecule is CCS(=O)(=O)N[C@H](CN(C)C1CCN(C)CC1)c1ccccc1. The largest absolute Gasteiger partial charge is 0.306 e. The molecule has 0 unspecified atom stereocenters. The third-order valence-electron chi connectivity index (χ3n) is 4.69. The number of rotatable bonds is 7. The molecule has 0 bridgehead atoms. The summed E-state index contributed by atoms with van der Waals surface area (Å²) < 4.78 is 27.0. The van der Waals surface area contributed by atoms with E-state index in [0.717, 1.165) is 31.5 Å². The number of likely N-dealkylation sites (N-methyl/N-ethyl adjacent to an activating group) is 1. The van der Waals surface area contributed by atoms with Crippen molar-refractivity contribution in [3.8, 4) is 0 Å². The second-order valence-electron chi connectivity index (χ2n) is 6.46. The molecule has 1 saturated heterocycles. The highest BCUT2D eigenvalue weighted by molar-refractivity contribution is 7.89. The molecule has 2 rings (SSSR count). The van der Waals surface area contributed by atoms with Gasteiger partial charge in [-0.2, -0.15) is 0 Å². The van der Waals surface area contributed by atoms with Crippen molar-refractivity contribution in [2.24, 2.45) is 0 Å². The van der Waals surface area contributed by atoms with Crippen LogP contribution in [0, 0.1) is 0 Å². The fraction of sp³-hybridized carbons (Fsp3) is 0.647. The molecule has 0 radical (unpaired) electrons. The molecule has 1 fully saturated rings. The Kier molecular flexibility index (Phi) is 6.59. The van der Waals surface area contributed by atoms with Gasteiger partial charge in [0.25, 0.3) is 0 Å². The number of nitrogens with one attached hydrogen (secondary N) is 1. The standard InChI is InChI=1S/C17H29N3O2S/c1-4-23(21,22)18-17(15-8-6-5-7-9-15)14-20(3)16-10-12-19(2)13-11-16/h5-9,16-18H,4,10-14H2,1-3H3/t17-/m1/s1. The van der Waals surface area contributed by atoms with E-state index in [2.05, 4.69) is 28.6 Å². The Balaban J connectivity index is 2.08. The van der Waals surface area contributed by atoms with Crippen molar-refractivity contribution >= 4 is 10.0 Å². The summed E-state index contributed by atoms with van der Waals surface area (Å²) in [4.78, 5) is 4.65. The van der Waals surface area contributed by atoms with Gasteiger partial charge in [-0.15, -0.1) is 0 Å². The third kappa shape index (κ3) is 5.57. The lowest BCUT2D eigenvalue weighted by molar-refractivity contribution is 0.137. The number of piperidine rings is 1. The fourth-order valence-corrected chi connectivity index (χ4v) is 3.88. The van der Waals surface area contributed by atoms with E-state index in [1.165, 1.54) is 0 Å². The van der Waals surface area contributed by atoms with E-state index in [-0.39, 0.29) is 11.8 Å². The first kappa shape index (κ1) is 18.4. The Hall–Kier alpha value is -0.950. The zero-order valence-electron chi connectivity index (χ0n) is 14.4. The fourth-order valence-electron chi connectivity index (χ4n) is 3.07. The highest BCUT2D eigenvalue weighted by Crippen LogP contribution is 2.20. The van der Waals surface area contributed by atoms with Crippen LogP contribution in [0.4, 0.5) is 0 Å². The first-order valence-corrected chi connectivity index (χ1v) is 10.00. The van der Waals surface area contributed by atoms with Crippen molar-refractivity contribution < 1.29 is 8.42 Å². The summed E-state index contributed by atoms with van der Waals surface area (Å²) in [5.74, 6) is 0.105. The van der Waals surface area contributed by atoms with Gasteiger partial charge in [0, 0.05) is 12.6 Å². The average molecular weight is 340 g/mol. The van der Waals surface area contributed by atoms with Gasteiger partial charge >= 0.3 is 0 Å². The van der Waals surface area contributed by atoms with E-state index in [1.54, 1.807) is 6.92 Å². The van der Waals surface area contributed by atoms with Gasteiger partial charge in [0.15, 0.2) is 0 Å². The van der Waals surface area contributed by atoms with Gasteiger partial charge in [0.05, 0.1) is 11.8 Å². The molecule has 0 amide bonds. The highest BCUT2D eigenvalue weighted by Gasteiger charge is 2.25. The van der Waals surface area contributed by atoms with E-state index in [1.807, 2.05) is 30.3 Å². The Bertz CT molecular complexity index is 569. The van der Waals surface area contributed by atoms with Crippen LogP contribution in [0.2, 0.25) is 0 Å². The summed E-state index contributed by atoms with van der Waals surface area (Å²) in [5, 5.41) is 0. The van der Waals surface area contributed by atoms with Gasteiger partial charge in [0.1, 0.15) is 0 Å². The average Bonchev–Trinajstić information content (AvgIpc) is 2.55. The van der Waals surface area contributed by atoms with Crippen molar-refractivity contribution in [3.05, 3.63) is 35.9 Å². The first-order chi connectivity index (χ1) is 10.9. The number of benzene rings is 1. The van der Waals surface area contributed by atoms with Crippen LogP contribution in [-0.2, 0) is 10.0 Å². The maximum Gasteiger partial charge on any atom is 0.211 e. The maximum absolute atomic E-state index is 12.0. The van der Waals surface area contributed by atoms with Crippen LogP contribution < -0.4 is 4.72 Å². The van der Waals surface area contributed by atoms with Gasteiger partial charge in [-0.1, -0.05) is 30.3 Å². The Labute approximate surface area is 140 Å². The lowest BCUT2D eigenvalue weighted by atomic mass is 10.0. The molecule has 6 heteroatoms. The summed E-state index contributed by atoms with van der Waals surface area (Å²) in [6, 6.07) is 10.2. The van der Waals surface area contributed by atoms with E-state index in [4.69, 9.17) is 0 Å². The van der Waals surface area contributed by atoms with Gasteiger partial charge in [-0.05, 0) is 52.5 Å². The summed E-state index contributed by atoms with van der Waals surface area (Å²) in [5.41, 5.74) is 1.02. The van der Waals surface area contributed by atoms with Crippen LogP contribution in [0.1, 0.15) is 31.4 Å². The van der Waals surface area contributed by atoms with Gasteiger partial charge in [-0.25, -0.2) is 13.1 Å². The highest BCUT2D eigenvalue weighted by atomic mass is 32.2. The monoisotopic (exact) mass is 339 g/mol. The molecule has 0 spiro atoms. The molecule has 0 aliphatic carbocycles. The number of sulfonamides is 1. The molecule has 1 N–H and O–H groups in total. The van der Waals surface area contributed by atoms with Crippen molar-refractivity contribution in [2.75, 3.05) is 39.5 Å². The van der Waals surface area contributed by atoms with Crippen molar-refractivity contribution in [2.45, 2.75) is 31.8 Å². The van der Waals surface area contributed by atoms with Crippen molar-refractivity contribution in [3.63, 3.8) is 0 Å². The van der Waals surface area contributed by atoms with Crippen molar-refractivity contribution in [1.82, 2.24) is 14.5 Å². The molecule has 1 atom stereocenters. The molecular weight excluding hydrogens is 310 g/mol. The molecule has 1 aromatic carbocycles. The molecule has 5 nitrogen and oxygen atoms in total. The normalized spacial score (nSPS) is 19.1. The predicted octanol–water partition coefficient (Wildman–Crippen LogP) is 1.69. The van der Waals surface area contributed by atoms with Gasteiger partial charge < -0.3 is 9.80 Å². The van der Waals surface area contributed by atoms with E-state index >= 15 is 0 Å². The van der Waals surface area contributed by atoms with E-state index < -0.39 is 10.0 Å². The summed E-state index contributed by atoms with van der Waals surface area (Å²) >= 11 is 0. The second kappa shape index (κ2) is 8.24. The maximum atomic E-state index is 12.0. The van der Waals surface area contributed by atoms with E-state index in [9.17, 15) is 8.42 Å². The van der Waals surface area contributed by atoms with Crippen LogP contribution in [0.5, 0.6) is 0 Å². The van der Waals surface area contributed by atoms with Gasteiger partial charge in [0.2, 0.25) is 10.0 Å². The Morgan fingerprint density at radius 3 is 2.43 bits per heavy atom. The zero-order chi connectivity index (χ0) is 16.9. The quantitative estimate of drug-likeness (QED) is 0.821. The number of nitrogens with zero attached hydrogens (tertiary/aromatic N) is 2. The van der Waals surface area contributed by atoms with Crippen LogP contribution in [0.25, 0.3) is 0 Å². The number of hydrogen-bond acceptors (Lipinski definition) is 4. The zero-order valence-corrected chi connectivity index (χ0v) is 15.2. The molecule has 1 aliphatic heterocycles. The molecule has 1 heterocycles. The van der Waals surface area contributed by atoms with E-state index in [0.29, 0.717) is 12.6 Å². The number of likely N-dealkylation sites (tertiary alicyclic amines) is 1. The summed E-state index contributed by atoms with van der Waals surface area (Å²) in [6.45, 7) is 4.57. The third-order valence-corrected chi connectivity index (χ3v) is 6.09. The molecule has 130 valence electrons. The first-order valence-electron chi connectivity index (χ1n) is 8.35. The smallest absolute Gasteiger partial charge is 0.211 e. The molecule has 0 aromatic heterocycles. The minimum atomic E-state index is -3.24. The van der Waals surface area contributed by atoms with Gasteiger partial charge in [-0.3, -0.25) is 0 Å². The Morgan fingerprint density at radius 1 is 1.26 bits per heavy atom. The predicted molar refractivity (Wildman–Crippen MR) is 94.9 cm³/mol. The second-order valence-corrected chi connectivity index (χ2v) is 8.50. The minimum Gasteiger partial charge on any atom is -0.306 e. The lowest BCUT2D eigenvalue weighted by Gasteiger charge is -2.37. The summed E-state index contributed by atoms with van der Waals surface area (Å²) in [6.07, 6.45) is 2.27. The Morgan fingerprint density at radius 2 is 1.87 bits per heavy atom.